The number of aromatic nitrogens is 2. The maximum absolute atomic E-state index is 11.6. The molecule has 1 amide bonds. The molecule has 4 rings (SSSR count). The van der Waals surface area contributed by atoms with Crippen molar-refractivity contribution in [2.45, 2.75) is 58.2 Å². The molecular weight excluding hydrogens is 316 g/mol. The minimum atomic E-state index is 0.0606. The molecule has 3 aliphatic rings. The van der Waals surface area contributed by atoms with Gasteiger partial charge in [-0.15, -0.1) is 0 Å². The molecule has 3 fully saturated rings. The van der Waals surface area contributed by atoms with Gasteiger partial charge in [-0.3, -0.25) is 9.69 Å². The summed E-state index contributed by atoms with van der Waals surface area (Å²) in [7, 11) is 0. The van der Waals surface area contributed by atoms with Crippen molar-refractivity contribution in [3.63, 3.8) is 0 Å². The zero-order chi connectivity index (χ0) is 17.4. The average molecular weight is 346 g/mol. The largest absolute Gasteiger partial charge is 0.376 e. The van der Waals surface area contributed by atoms with E-state index >= 15 is 0 Å². The Kier molecular flexibility index (Phi) is 4.82. The molecule has 0 aromatic carbocycles. The smallest absolute Gasteiger partial charge is 0.217 e. The molecule has 25 heavy (non-hydrogen) atoms. The summed E-state index contributed by atoms with van der Waals surface area (Å²) in [5.41, 5.74) is 2.32. The third-order valence-corrected chi connectivity index (χ3v) is 6.13. The third kappa shape index (κ3) is 4.06. The SMILES string of the molecule is CC(=O)N[C@@H]1C[C@@H]2CN(Cc3nc[nH]c3C)C[C@@H]2C[C@H]1OCC1CC1. The van der Waals surface area contributed by atoms with Crippen molar-refractivity contribution in [3.8, 4) is 0 Å². The number of imidazole rings is 1. The second-order valence-electron chi connectivity index (χ2n) is 8.28. The van der Waals surface area contributed by atoms with Crippen molar-refractivity contribution in [1.82, 2.24) is 20.2 Å². The fourth-order valence-electron chi connectivity index (χ4n) is 4.54. The van der Waals surface area contributed by atoms with E-state index in [0.717, 1.165) is 56.4 Å². The van der Waals surface area contributed by atoms with Crippen LogP contribution in [-0.4, -0.2) is 52.6 Å². The number of fused-ring (bicyclic) bond motifs is 1. The molecule has 6 nitrogen and oxygen atoms in total. The van der Waals surface area contributed by atoms with E-state index in [1.165, 1.54) is 12.8 Å². The van der Waals surface area contributed by atoms with Crippen molar-refractivity contribution < 1.29 is 9.53 Å². The number of nitrogens with zero attached hydrogens (tertiary/aromatic N) is 2. The van der Waals surface area contributed by atoms with Gasteiger partial charge in [-0.05, 0) is 50.4 Å². The lowest BCUT2D eigenvalue weighted by Crippen LogP contribution is -2.50. The molecule has 2 heterocycles. The molecule has 0 bridgehead atoms. The van der Waals surface area contributed by atoms with Crippen molar-refractivity contribution in [2.75, 3.05) is 19.7 Å². The Morgan fingerprint density at radius 3 is 2.76 bits per heavy atom. The highest BCUT2D eigenvalue weighted by Gasteiger charge is 2.43. The number of carbonyl (C=O) groups is 1. The second-order valence-corrected chi connectivity index (χ2v) is 8.28. The monoisotopic (exact) mass is 346 g/mol. The van der Waals surface area contributed by atoms with Gasteiger partial charge in [-0.1, -0.05) is 0 Å². The Morgan fingerprint density at radius 2 is 2.12 bits per heavy atom. The molecule has 2 N–H and O–H groups in total. The summed E-state index contributed by atoms with van der Waals surface area (Å²) in [6.45, 7) is 7.70. The number of likely N-dealkylation sites (tertiary alicyclic amines) is 1. The number of carbonyl (C=O) groups excluding carboxylic acids is 1. The average Bonchev–Trinajstić information content (AvgIpc) is 3.19. The van der Waals surface area contributed by atoms with Gasteiger partial charge in [0.05, 0.1) is 24.2 Å². The number of aryl methyl sites for hydroxylation is 1. The predicted octanol–water partition coefficient (Wildman–Crippen LogP) is 1.86. The zero-order valence-corrected chi connectivity index (χ0v) is 15.3. The van der Waals surface area contributed by atoms with Crippen LogP contribution in [-0.2, 0) is 16.1 Å². The maximum Gasteiger partial charge on any atom is 0.217 e. The summed E-state index contributed by atoms with van der Waals surface area (Å²) in [6.07, 6.45) is 6.68. The van der Waals surface area contributed by atoms with E-state index in [1.807, 2.05) is 0 Å². The fourth-order valence-corrected chi connectivity index (χ4v) is 4.54. The summed E-state index contributed by atoms with van der Waals surface area (Å²) >= 11 is 0. The normalized spacial score (nSPS) is 32.6. The van der Waals surface area contributed by atoms with E-state index in [1.54, 1.807) is 13.3 Å². The molecule has 2 saturated carbocycles. The van der Waals surface area contributed by atoms with Crippen LogP contribution in [0.5, 0.6) is 0 Å². The van der Waals surface area contributed by atoms with Gasteiger partial charge < -0.3 is 15.0 Å². The third-order valence-electron chi connectivity index (χ3n) is 6.13. The minimum Gasteiger partial charge on any atom is -0.376 e. The van der Waals surface area contributed by atoms with Gasteiger partial charge in [0.1, 0.15) is 0 Å². The lowest BCUT2D eigenvalue weighted by Gasteiger charge is -2.38. The van der Waals surface area contributed by atoms with Crippen LogP contribution in [0.15, 0.2) is 6.33 Å². The molecular formula is C19H30N4O2. The lowest BCUT2D eigenvalue weighted by molar-refractivity contribution is -0.122. The van der Waals surface area contributed by atoms with Crippen LogP contribution in [0.25, 0.3) is 0 Å². The van der Waals surface area contributed by atoms with Gasteiger partial charge in [0.25, 0.3) is 0 Å². The van der Waals surface area contributed by atoms with Gasteiger partial charge >= 0.3 is 0 Å². The van der Waals surface area contributed by atoms with E-state index < -0.39 is 0 Å². The van der Waals surface area contributed by atoms with E-state index in [2.05, 4.69) is 27.1 Å². The minimum absolute atomic E-state index is 0.0606. The summed E-state index contributed by atoms with van der Waals surface area (Å²) in [4.78, 5) is 21.8. The molecule has 1 aromatic heterocycles. The quantitative estimate of drug-likeness (QED) is 0.825. The standard InChI is InChI=1S/C19H30N4O2/c1-12-18(21-11-20-12)9-23-7-15-5-17(22-13(2)24)19(6-16(15)8-23)25-10-14-3-4-14/h11,14-17,19H,3-10H2,1-2H3,(H,20,21)(H,22,24)/t15-,16+,17-,19-/m1/s1. The van der Waals surface area contributed by atoms with Gasteiger partial charge in [-0.25, -0.2) is 4.98 Å². The van der Waals surface area contributed by atoms with Crippen LogP contribution in [0.3, 0.4) is 0 Å². The molecule has 0 spiro atoms. The highest BCUT2D eigenvalue weighted by molar-refractivity contribution is 5.73. The molecule has 0 unspecified atom stereocenters. The van der Waals surface area contributed by atoms with E-state index in [4.69, 9.17) is 4.74 Å². The Balaban J connectivity index is 1.38. The maximum atomic E-state index is 11.6. The van der Waals surface area contributed by atoms with Gasteiger partial charge in [0, 0.05) is 38.9 Å². The number of ether oxygens (including phenoxy) is 1. The zero-order valence-electron chi connectivity index (χ0n) is 15.3. The summed E-state index contributed by atoms with van der Waals surface area (Å²) in [5.74, 6) is 2.15. The molecule has 138 valence electrons. The Labute approximate surface area is 149 Å². The summed E-state index contributed by atoms with van der Waals surface area (Å²) in [6, 6.07) is 0.171. The van der Waals surface area contributed by atoms with E-state index in [9.17, 15) is 4.79 Å². The molecule has 4 atom stereocenters. The Morgan fingerprint density at radius 1 is 1.36 bits per heavy atom. The molecule has 6 heteroatoms. The van der Waals surface area contributed by atoms with Gasteiger partial charge in [0.15, 0.2) is 0 Å². The van der Waals surface area contributed by atoms with Gasteiger partial charge in [0.2, 0.25) is 5.91 Å². The number of H-pyrrole nitrogens is 1. The predicted molar refractivity (Wildman–Crippen MR) is 94.9 cm³/mol. The second kappa shape index (κ2) is 7.08. The number of amides is 1. The van der Waals surface area contributed by atoms with Crippen molar-refractivity contribution in [3.05, 3.63) is 17.7 Å². The Hall–Kier alpha value is -1.40. The summed E-state index contributed by atoms with van der Waals surface area (Å²) in [5, 5.41) is 3.16. The van der Waals surface area contributed by atoms with Crippen molar-refractivity contribution >= 4 is 5.91 Å². The molecule has 1 aliphatic heterocycles. The van der Waals surface area contributed by atoms with Crippen LogP contribution >= 0.6 is 0 Å². The lowest BCUT2D eigenvalue weighted by atomic mass is 9.77. The molecule has 1 aromatic rings. The van der Waals surface area contributed by atoms with Crippen LogP contribution in [0.1, 0.15) is 44.0 Å². The molecule has 2 aliphatic carbocycles. The fraction of sp³-hybridized carbons (Fsp3) is 0.789. The number of hydrogen-bond acceptors (Lipinski definition) is 4. The topological polar surface area (TPSA) is 70.2 Å². The Bertz CT molecular complexity index is 612. The first-order valence-electron chi connectivity index (χ1n) is 9.68. The van der Waals surface area contributed by atoms with Crippen LogP contribution in [0.2, 0.25) is 0 Å². The van der Waals surface area contributed by atoms with Crippen molar-refractivity contribution in [1.29, 1.82) is 0 Å². The van der Waals surface area contributed by atoms with E-state index in [-0.39, 0.29) is 18.1 Å². The van der Waals surface area contributed by atoms with Crippen LogP contribution in [0, 0.1) is 24.7 Å². The number of rotatable bonds is 6. The van der Waals surface area contributed by atoms with Gasteiger partial charge in [-0.2, -0.15) is 0 Å². The first-order chi connectivity index (χ1) is 12.1. The molecule has 1 saturated heterocycles. The number of nitrogens with one attached hydrogen (secondary N) is 2. The van der Waals surface area contributed by atoms with E-state index in [0.29, 0.717) is 11.8 Å². The molecule has 0 radical (unpaired) electrons. The first-order valence-corrected chi connectivity index (χ1v) is 9.68. The highest BCUT2D eigenvalue weighted by atomic mass is 16.5. The number of hydrogen-bond donors (Lipinski definition) is 2. The summed E-state index contributed by atoms with van der Waals surface area (Å²) < 4.78 is 6.24. The highest BCUT2D eigenvalue weighted by Crippen LogP contribution is 2.39. The number of aromatic amines is 1. The first kappa shape index (κ1) is 17.0. The van der Waals surface area contributed by atoms with Crippen molar-refractivity contribution in [2.24, 2.45) is 17.8 Å². The van der Waals surface area contributed by atoms with Crippen LogP contribution in [0.4, 0.5) is 0 Å². The van der Waals surface area contributed by atoms with Crippen LogP contribution < -0.4 is 5.32 Å².